The van der Waals surface area contributed by atoms with Gasteiger partial charge in [0, 0.05) is 12.0 Å². The van der Waals surface area contributed by atoms with Gasteiger partial charge in [-0.25, -0.2) is 0 Å². The molecule has 4 rings (SSSR count). The van der Waals surface area contributed by atoms with Gasteiger partial charge in [0.2, 0.25) is 0 Å². The molecular formula is C22H21N. The molecular weight excluding hydrogens is 278 g/mol. The molecule has 0 aliphatic heterocycles. The Bertz CT molecular complexity index is 779. The topological polar surface area (TPSA) is 26.0 Å². The molecule has 1 aliphatic carbocycles. The van der Waals surface area contributed by atoms with Crippen molar-refractivity contribution in [2.24, 2.45) is 5.73 Å². The highest BCUT2D eigenvalue weighted by Gasteiger charge is 2.39. The molecule has 0 spiro atoms. The Morgan fingerprint density at radius 2 is 1.22 bits per heavy atom. The zero-order chi connectivity index (χ0) is 15.6. The van der Waals surface area contributed by atoms with Gasteiger partial charge in [-0.05, 0) is 34.6 Å². The lowest BCUT2D eigenvalue weighted by atomic mass is 9.81. The van der Waals surface area contributed by atoms with Crippen molar-refractivity contribution in [2.75, 3.05) is 0 Å². The first-order valence-electron chi connectivity index (χ1n) is 8.28. The van der Waals surface area contributed by atoms with E-state index < -0.39 is 0 Å². The number of hydrogen-bond donors (Lipinski definition) is 1. The van der Waals surface area contributed by atoms with Crippen LogP contribution >= 0.6 is 0 Å². The standard InChI is InChI=1S/C22H21N/c23-22-19-14-8-7-13-18(19)20(15-16-9-3-1-4-10-16)21(22)17-11-5-2-6-12-17/h1-14,20-22H,15,23H2/t20-,21+,22+/m0/s1. The number of nitrogens with two attached hydrogens (primary N) is 1. The lowest BCUT2D eigenvalue weighted by Crippen LogP contribution is -2.18. The van der Waals surface area contributed by atoms with Crippen LogP contribution in [0.25, 0.3) is 0 Å². The van der Waals surface area contributed by atoms with Gasteiger partial charge in [-0.1, -0.05) is 84.9 Å². The van der Waals surface area contributed by atoms with Crippen LogP contribution in [0.4, 0.5) is 0 Å². The van der Waals surface area contributed by atoms with E-state index in [1.807, 2.05) is 0 Å². The fourth-order valence-electron chi connectivity index (χ4n) is 4.01. The van der Waals surface area contributed by atoms with E-state index in [4.69, 9.17) is 5.73 Å². The maximum absolute atomic E-state index is 6.67. The van der Waals surface area contributed by atoms with Crippen molar-refractivity contribution in [3.63, 3.8) is 0 Å². The molecule has 0 saturated carbocycles. The highest BCUT2D eigenvalue weighted by Crippen LogP contribution is 2.50. The van der Waals surface area contributed by atoms with Crippen LogP contribution in [0, 0.1) is 0 Å². The Morgan fingerprint density at radius 3 is 1.91 bits per heavy atom. The molecule has 0 unspecified atom stereocenters. The molecule has 0 bridgehead atoms. The molecule has 0 heterocycles. The largest absolute Gasteiger partial charge is 0.323 e. The summed E-state index contributed by atoms with van der Waals surface area (Å²) in [6.07, 6.45) is 1.03. The SMILES string of the molecule is N[C@@H]1c2ccccc2[C@H](Cc2ccccc2)[C@H]1c1ccccc1. The van der Waals surface area contributed by atoms with Crippen LogP contribution in [0.1, 0.15) is 40.1 Å². The first-order valence-corrected chi connectivity index (χ1v) is 8.28. The maximum atomic E-state index is 6.67. The summed E-state index contributed by atoms with van der Waals surface area (Å²) in [7, 11) is 0. The van der Waals surface area contributed by atoms with Crippen molar-refractivity contribution in [3.05, 3.63) is 107 Å². The fraction of sp³-hybridized carbons (Fsp3) is 0.182. The maximum Gasteiger partial charge on any atom is 0.0373 e. The highest BCUT2D eigenvalue weighted by molar-refractivity contribution is 5.46. The van der Waals surface area contributed by atoms with Crippen molar-refractivity contribution in [1.82, 2.24) is 0 Å². The smallest absolute Gasteiger partial charge is 0.0373 e. The Morgan fingerprint density at radius 1 is 0.652 bits per heavy atom. The van der Waals surface area contributed by atoms with E-state index in [1.165, 1.54) is 22.3 Å². The summed E-state index contributed by atoms with van der Waals surface area (Å²) in [5.41, 5.74) is 12.1. The quantitative estimate of drug-likeness (QED) is 0.738. The van der Waals surface area contributed by atoms with Crippen LogP contribution in [0.5, 0.6) is 0 Å². The minimum absolute atomic E-state index is 0.0716. The summed E-state index contributed by atoms with van der Waals surface area (Å²) in [5.74, 6) is 0.778. The summed E-state index contributed by atoms with van der Waals surface area (Å²) < 4.78 is 0. The summed E-state index contributed by atoms with van der Waals surface area (Å²) >= 11 is 0. The Labute approximate surface area is 137 Å². The van der Waals surface area contributed by atoms with Crippen LogP contribution < -0.4 is 5.73 Å². The Kier molecular flexibility index (Phi) is 3.72. The van der Waals surface area contributed by atoms with Crippen molar-refractivity contribution in [2.45, 2.75) is 24.3 Å². The van der Waals surface area contributed by atoms with Crippen LogP contribution in [-0.4, -0.2) is 0 Å². The van der Waals surface area contributed by atoms with E-state index >= 15 is 0 Å². The Balaban J connectivity index is 1.78. The van der Waals surface area contributed by atoms with Gasteiger partial charge in [-0.15, -0.1) is 0 Å². The van der Waals surface area contributed by atoms with Gasteiger partial charge >= 0.3 is 0 Å². The third-order valence-corrected chi connectivity index (χ3v) is 5.06. The number of fused-ring (bicyclic) bond motifs is 1. The second-order valence-electron chi connectivity index (χ2n) is 6.39. The van der Waals surface area contributed by atoms with E-state index in [0.717, 1.165) is 6.42 Å². The van der Waals surface area contributed by atoms with Crippen molar-refractivity contribution in [3.8, 4) is 0 Å². The van der Waals surface area contributed by atoms with Crippen LogP contribution in [0.2, 0.25) is 0 Å². The van der Waals surface area contributed by atoms with Crippen molar-refractivity contribution < 1.29 is 0 Å². The van der Waals surface area contributed by atoms with Crippen LogP contribution in [-0.2, 0) is 6.42 Å². The van der Waals surface area contributed by atoms with Gasteiger partial charge < -0.3 is 5.73 Å². The van der Waals surface area contributed by atoms with E-state index in [0.29, 0.717) is 11.8 Å². The van der Waals surface area contributed by atoms with E-state index in [9.17, 15) is 0 Å². The predicted octanol–water partition coefficient (Wildman–Crippen LogP) is 4.81. The molecule has 1 heteroatoms. The van der Waals surface area contributed by atoms with E-state index in [-0.39, 0.29) is 6.04 Å². The van der Waals surface area contributed by atoms with Gasteiger partial charge in [0.25, 0.3) is 0 Å². The molecule has 3 atom stereocenters. The molecule has 0 saturated heterocycles. The molecule has 114 valence electrons. The Hall–Kier alpha value is -2.38. The first kappa shape index (κ1) is 14.2. The van der Waals surface area contributed by atoms with Gasteiger partial charge in [0.1, 0.15) is 0 Å². The molecule has 2 N–H and O–H groups in total. The van der Waals surface area contributed by atoms with Crippen molar-refractivity contribution >= 4 is 0 Å². The van der Waals surface area contributed by atoms with E-state index in [1.54, 1.807) is 0 Å². The monoisotopic (exact) mass is 299 g/mol. The molecule has 1 aliphatic rings. The van der Waals surface area contributed by atoms with Crippen molar-refractivity contribution in [1.29, 1.82) is 0 Å². The first-order chi connectivity index (χ1) is 11.3. The number of hydrogen-bond acceptors (Lipinski definition) is 1. The molecule has 23 heavy (non-hydrogen) atoms. The van der Waals surface area contributed by atoms with Gasteiger partial charge in [0.05, 0.1) is 0 Å². The molecule has 0 aromatic heterocycles. The normalized spacial score (nSPS) is 22.7. The molecule has 1 nitrogen and oxygen atoms in total. The minimum Gasteiger partial charge on any atom is -0.323 e. The molecule has 0 amide bonds. The van der Waals surface area contributed by atoms with Gasteiger partial charge in [-0.2, -0.15) is 0 Å². The molecule has 0 radical (unpaired) electrons. The molecule has 3 aromatic carbocycles. The van der Waals surface area contributed by atoms with Gasteiger partial charge in [-0.3, -0.25) is 0 Å². The zero-order valence-corrected chi connectivity index (χ0v) is 13.1. The third kappa shape index (κ3) is 2.58. The third-order valence-electron chi connectivity index (χ3n) is 5.06. The number of benzene rings is 3. The average molecular weight is 299 g/mol. The molecule has 0 fully saturated rings. The molecule has 3 aromatic rings. The second kappa shape index (κ2) is 6.02. The fourth-order valence-corrected chi connectivity index (χ4v) is 4.01. The van der Waals surface area contributed by atoms with E-state index in [2.05, 4.69) is 84.9 Å². The van der Waals surface area contributed by atoms with Crippen LogP contribution in [0.3, 0.4) is 0 Å². The van der Waals surface area contributed by atoms with Gasteiger partial charge in [0.15, 0.2) is 0 Å². The lowest BCUT2D eigenvalue weighted by Gasteiger charge is -2.24. The lowest BCUT2D eigenvalue weighted by molar-refractivity contribution is 0.506. The summed E-state index contributed by atoms with van der Waals surface area (Å²) in [6.45, 7) is 0. The minimum atomic E-state index is 0.0716. The summed E-state index contributed by atoms with van der Waals surface area (Å²) in [6, 6.07) is 30.2. The average Bonchev–Trinajstić information content (AvgIpc) is 2.89. The second-order valence-corrected chi connectivity index (χ2v) is 6.39. The summed E-state index contributed by atoms with van der Waals surface area (Å²) in [4.78, 5) is 0. The number of rotatable bonds is 3. The van der Waals surface area contributed by atoms with Crippen LogP contribution in [0.15, 0.2) is 84.9 Å². The summed E-state index contributed by atoms with van der Waals surface area (Å²) in [5, 5.41) is 0. The highest BCUT2D eigenvalue weighted by atomic mass is 14.7. The zero-order valence-electron chi connectivity index (χ0n) is 13.1. The predicted molar refractivity (Wildman–Crippen MR) is 95.4 cm³/mol.